The van der Waals surface area contributed by atoms with Crippen molar-refractivity contribution < 1.29 is 29.6 Å². The van der Waals surface area contributed by atoms with Gasteiger partial charge in [-0.3, -0.25) is 4.79 Å². The molecule has 2 aliphatic rings. The van der Waals surface area contributed by atoms with Gasteiger partial charge in [0.2, 0.25) is 0 Å². The summed E-state index contributed by atoms with van der Waals surface area (Å²) in [5, 5.41) is 32.4. The van der Waals surface area contributed by atoms with Gasteiger partial charge in [0.05, 0.1) is 6.42 Å². The molecule has 36 heavy (non-hydrogen) atoms. The number of carbonyl (C=O) groups excluding carboxylic acids is 1. The summed E-state index contributed by atoms with van der Waals surface area (Å²) >= 11 is 0. The lowest BCUT2D eigenvalue weighted by Crippen LogP contribution is -2.28. The van der Waals surface area contributed by atoms with Crippen molar-refractivity contribution in [3.8, 4) is 28.7 Å². The van der Waals surface area contributed by atoms with Crippen molar-refractivity contribution in [2.75, 3.05) is 0 Å². The van der Waals surface area contributed by atoms with Gasteiger partial charge in [0.15, 0.2) is 17.3 Å². The van der Waals surface area contributed by atoms with Crippen molar-refractivity contribution in [3.05, 3.63) is 69.3 Å². The molecular weight excluding hydrogens is 456 g/mol. The summed E-state index contributed by atoms with van der Waals surface area (Å²) in [6, 6.07) is 3.10. The molecule has 0 saturated carbocycles. The molecule has 190 valence electrons. The molecule has 1 atom stereocenters. The van der Waals surface area contributed by atoms with E-state index in [4.69, 9.17) is 9.47 Å². The summed E-state index contributed by atoms with van der Waals surface area (Å²) < 4.78 is 12.5. The van der Waals surface area contributed by atoms with Crippen LogP contribution < -0.4 is 9.47 Å². The fourth-order valence-corrected chi connectivity index (χ4v) is 4.56. The lowest BCUT2D eigenvalue weighted by molar-refractivity contribution is 0.0841. The van der Waals surface area contributed by atoms with E-state index in [0.717, 1.165) is 11.1 Å². The first-order valence-electron chi connectivity index (χ1n) is 12.2. The molecule has 0 amide bonds. The van der Waals surface area contributed by atoms with Crippen LogP contribution in [0, 0.1) is 0 Å². The smallest absolute Gasteiger partial charge is 0.174 e. The second-order valence-electron chi connectivity index (χ2n) is 10.6. The molecule has 1 unspecified atom stereocenters. The zero-order valence-corrected chi connectivity index (χ0v) is 21.7. The third kappa shape index (κ3) is 4.85. The van der Waals surface area contributed by atoms with E-state index in [1.165, 1.54) is 6.07 Å². The molecule has 0 spiro atoms. The van der Waals surface area contributed by atoms with Gasteiger partial charge in [0, 0.05) is 28.3 Å². The quantitative estimate of drug-likeness (QED) is 0.403. The van der Waals surface area contributed by atoms with Crippen molar-refractivity contribution >= 4 is 11.9 Å². The van der Waals surface area contributed by atoms with Crippen LogP contribution in [0.15, 0.2) is 41.5 Å². The van der Waals surface area contributed by atoms with Crippen LogP contribution in [0.3, 0.4) is 0 Å². The van der Waals surface area contributed by atoms with Crippen LogP contribution in [0.5, 0.6) is 28.7 Å². The minimum atomic E-state index is -0.711. The van der Waals surface area contributed by atoms with Gasteiger partial charge in [-0.25, -0.2) is 0 Å². The minimum Gasteiger partial charge on any atom is -0.507 e. The van der Waals surface area contributed by atoms with Crippen molar-refractivity contribution in [2.45, 2.75) is 72.5 Å². The zero-order valence-electron chi connectivity index (χ0n) is 21.7. The van der Waals surface area contributed by atoms with E-state index in [9.17, 15) is 20.1 Å². The number of rotatable bonds is 5. The molecule has 6 heteroatoms. The Morgan fingerprint density at radius 1 is 0.972 bits per heavy atom. The molecule has 0 aromatic heterocycles. The lowest BCUT2D eigenvalue weighted by atomic mass is 9.87. The van der Waals surface area contributed by atoms with Crippen LogP contribution in [0.2, 0.25) is 0 Å². The molecule has 0 aliphatic carbocycles. The third-order valence-electron chi connectivity index (χ3n) is 6.48. The van der Waals surface area contributed by atoms with Gasteiger partial charge >= 0.3 is 0 Å². The molecule has 2 aromatic carbocycles. The van der Waals surface area contributed by atoms with Crippen LogP contribution in [0.4, 0.5) is 0 Å². The Morgan fingerprint density at radius 2 is 1.61 bits per heavy atom. The van der Waals surface area contributed by atoms with E-state index in [1.807, 2.05) is 71.9 Å². The topological polar surface area (TPSA) is 96.2 Å². The van der Waals surface area contributed by atoms with Gasteiger partial charge in [0.1, 0.15) is 34.5 Å². The maximum atomic E-state index is 13.3. The second-order valence-corrected chi connectivity index (χ2v) is 10.6. The van der Waals surface area contributed by atoms with Gasteiger partial charge in [-0.15, -0.1) is 0 Å². The van der Waals surface area contributed by atoms with E-state index >= 15 is 0 Å². The van der Waals surface area contributed by atoms with Crippen LogP contribution in [-0.2, 0) is 12.8 Å². The molecule has 2 heterocycles. The molecule has 3 N–H and O–H groups in total. The molecular formula is C30H34O6. The number of hydrogen-bond donors (Lipinski definition) is 3. The summed E-state index contributed by atoms with van der Waals surface area (Å²) in [7, 11) is 0. The Kier molecular flexibility index (Phi) is 6.65. The number of phenolic OH excluding ortho intramolecular Hbond substituents is 3. The monoisotopic (exact) mass is 490 g/mol. The third-order valence-corrected chi connectivity index (χ3v) is 6.48. The fraction of sp³-hybridized carbons (Fsp3) is 0.367. The Bertz CT molecular complexity index is 1320. The van der Waals surface area contributed by atoms with Gasteiger partial charge in [-0.05, 0) is 66.5 Å². The predicted molar refractivity (Wildman–Crippen MR) is 140 cm³/mol. The van der Waals surface area contributed by atoms with E-state index in [1.54, 1.807) is 0 Å². The van der Waals surface area contributed by atoms with Crippen molar-refractivity contribution in [3.63, 3.8) is 0 Å². The summed E-state index contributed by atoms with van der Waals surface area (Å²) in [6.07, 6.45) is 7.82. The molecule has 0 bridgehead atoms. The van der Waals surface area contributed by atoms with Crippen molar-refractivity contribution in [1.82, 2.24) is 0 Å². The van der Waals surface area contributed by atoms with Gasteiger partial charge in [-0.2, -0.15) is 0 Å². The first-order valence-corrected chi connectivity index (χ1v) is 12.2. The number of ether oxygens (including phenoxy) is 2. The number of ketones is 1. The fourth-order valence-electron chi connectivity index (χ4n) is 4.56. The largest absolute Gasteiger partial charge is 0.507 e. The van der Waals surface area contributed by atoms with E-state index in [-0.39, 0.29) is 40.8 Å². The molecule has 0 fully saturated rings. The number of phenols is 3. The Balaban J connectivity index is 1.87. The number of allylic oxidation sites excluding steroid dienone is 4. The summed E-state index contributed by atoms with van der Waals surface area (Å²) in [6.45, 7) is 11.7. The average molecular weight is 491 g/mol. The van der Waals surface area contributed by atoms with Crippen LogP contribution >= 0.6 is 0 Å². The van der Waals surface area contributed by atoms with Gasteiger partial charge < -0.3 is 24.8 Å². The predicted octanol–water partition coefficient (Wildman–Crippen LogP) is 6.71. The highest BCUT2D eigenvalue weighted by atomic mass is 16.5. The Morgan fingerprint density at radius 3 is 2.25 bits per heavy atom. The maximum absolute atomic E-state index is 13.3. The minimum absolute atomic E-state index is 0.0104. The number of aromatic hydroxyl groups is 3. The highest BCUT2D eigenvalue weighted by molar-refractivity contribution is 6.03. The first-order chi connectivity index (χ1) is 16.9. The summed E-state index contributed by atoms with van der Waals surface area (Å²) in [5.41, 5.74) is 4.10. The van der Waals surface area contributed by atoms with Crippen molar-refractivity contribution in [1.29, 1.82) is 0 Å². The number of benzene rings is 2. The average Bonchev–Trinajstić information content (AvgIpc) is 2.77. The van der Waals surface area contributed by atoms with Crippen LogP contribution in [0.1, 0.15) is 86.7 Å². The summed E-state index contributed by atoms with van der Waals surface area (Å²) in [5.74, 6) is -0.0920. The van der Waals surface area contributed by atoms with Crippen molar-refractivity contribution in [2.24, 2.45) is 0 Å². The van der Waals surface area contributed by atoms with E-state index < -0.39 is 11.7 Å². The van der Waals surface area contributed by atoms with Gasteiger partial charge in [-0.1, -0.05) is 29.4 Å². The van der Waals surface area contributed by atoms with Crippen LogP contribution in [0.25, 0.3) is 6.08 Å². The Labute approximate surface area is 212 Å². The standard InChI is InChI=1S/C30H34O6/c1-16(2)7-9-19-21(13-18-11-12-30(5,6)36-28(18)27(19)34)25-15-24(33)26-23(32)14-22(31)20(29(26)35-25)10-8-17(3)4/h7-8,11-14,25,31-32,34H,9-10,15H2,1-6H3. The number of Topliss-reactive ketones (excluding diaryl/α,β-unsaturated/α-hetero) is 1. The maximum Gasteiger partial charge on any atom is 0.174 e. The number of carbonyl (C=O) groups is 1. The molecule has 4 rings (SSSR count). The molecule has 2 aliphatic heterocycles. The van der Waals surface area contributed by atoms with E-state index in [2.05, 4.69) is 0 Å². The molecule has 2 aromatic rings. The van der Waals surface area contributed by atoms with E-state index in [0.29, 0.717) is 40.8 Å². The second kappa shape index (κ2) is 9.41. The summed E-state index contributed by atoms with van der Waals surface area (Å²) in [4.78, 5) is 13.3. The lowest BCUT2D eigenvalue weighted by Gasteiger charge is -2.32. The van der Waals surface area contributed by atoms with Gasteiger partial charge in [0.25, 0.3) is 0 Å². The Hall–Kier alpha value is -3.67. The number of hydrogen-bond acceptors (Lipinski definition) is 6. The molecule has 6 nitrogen and oxygen atoms in total. The highest BCUT2D eigenvalue weighted by Gasteiger charge is 2.36. The molecule has 0 radical (unpaired) electrons. The zero-order chi connectivity index (χ0) is 26.4. The molecule has 0 saturated heterocycles. The SMILES string of the molecule is CC(C)=CCc1c(C2CC(=O)c3c(O)cc(O)c(CC=C(C)C)c3O2)cc2c(c1O)OC(C)(C)C=C2. The first kappa shape index (κ1) is 25.4. The number of fused-ring (bicyclic) bond motifs is 2. The van der Waals surface area contributed by atoms with Crippen LogP contribution in [-0.4, -0.2) is 26.7 Å². The normalized spacial score (nSPS) is 17.4. The highest BCUT2D eigenvalue weighted by Crippen LogP contribution is 2.49.